The van der Waals surface area contributed by atoms with E-state index in [1.807, 2.05) is 0 Å². The molecule has 0 amide bonds. The van der Waals surface area contributed by atoms with Crippen molar-refractivity contribution in [1.82, 2.24) is 5.32 Å². The molecule has 1 aliphatic carbocycles. The Kier molecular flexibility index (Phi) is 3.90. The summed E-state index contributed by atoms with van der Waals surface area (Å²) in [4.78, 5) is 0. The average Bonchev–Trinajstić information content (AvgIpc) is 2.97. The first-order chi connectivity index (χ1) is 7.61. The van der Waals surface area contributed by atoms with E-state index in [1.54, 1.807) is 0 Å². The average molecular weight is 245 g/mol. The molecule has 1 aliphatic heterocycles. The Morgan fingerprint density at radius 1 is 1.31 bits per heavy atom. The first kappa shape index (κ1) is 12.4. The van der Waals surface area contributed by atoms with Gasteiger partial charge in [-0.15, -0.1) is 0 Å². The zero-order valence-corrected chi connectivity index (χ0v) is 10.9. The molecule has 16 heavy (non-hydrogen) atoms. The van der Waals surface area contributed by atoms with Crippen molar-refractivity contribution >= 4 is 9.84 Å². The van der Waals surface area contributed by atoms with Gasteiger partial charge in [0.25, 0.3) is 0 Å². The summed E-state index contributed by atoms with van der Waals surface area (Å²) < 4.78 is 23.0. The summed E-state index contributed by atoms with van der Waals surface area (Å²) in [6.45, 7) is 3.18. The van der Waals surface area contributed by atoms with E-state index in [-0.39, 0.29) is 0 Å². The fourth-order valence-corrected chi connectivity index (χ4v) is 4.51. The van der Waals surface area contributed by atoms with Crippen LogP contribution in [0.3, 0.4) is 0 Å². The minimum Gasteiger partial charge on any atom is -0.314 e. The summed E-state index contributed by atoms with van der Waals surface area (Å²) in [5.74, 6) is 2.07. The maximum atomic E-state index is 11.5. The van der Waals surface area contributed by atoms with Gasteiger partial charge < -0.3 is 5.32 Å². The van der Waals surface area contributed by atoms with Gasteiger partial charge in [0, 0.05) is 6.04 Å². The van der Waals surface area contributed by atoms with Crippen LogP contribution in [0.4, 0.5) is 0 Å². The first-order valence-electron chi connectivity index (χ1n) is 6.54. The monoisotopic (exact) mass is 245 g/mol. The maximum absolute atomic E-state index is 11.5. The smallest absolute Gasteiger partial charge is 0.150 e. The second-order valence-electron chi connectivity index (χ2n) is 5.40. The molecule has 0 aromatic heterocycles. The molecule has 0 radical (unpaired) electrons. The molecule has 0 spiro atoms. The van der Waals surface area contributed by atoms with Crippen LogP contribution in [0.5, 0.6) is 0 Å². The highest BCUT2D eigenvalue weighted by atomic mass is 32.2. The molecule has 1 heterocycles. The van der Waals surface area contributed by atoms with Crippen LogP contribution in [0.2, 0.25) is 0 Å². The van der Waals surface area contributed by atoms with Crippen LogP contribution in [0.1, 0.15) is 39.0 Å². The quantitative estimate of drug-likeness (QED) is 0.773. The number of rotatable bonds is 6. The van der Waals surface area contributed by atoms with Crippen molar-refractivity contribution in [3.8, 4) is 0 Å². The van der Waals surface area contributed by atoms with Crippen molar-refractivity contribution in [2.75, 3.05) is 18.1 Å². The normalized spacial score (nSPS) is 30.4. The van der Waals surface area contributed by atoms with Gasteiger partial charge in [0.15, 0.2) is 9.84 Å². The number of nitrogens with one attached hydrogen (secondary N) is 1. The topological polar surface area (TPSA) is 46.2 Å². The molecule has 4 heteroatoms. The van der Waals surface area contributed by atoms with Crippen LogP contribution in [-0.2, 0) is 9.84 Å². The van der Waals surface area contributed by atoms with Crippen molar-refractivity contribution in [3.05, 3.63) is 0 Å². The van der Waals surface area contributed by atoms with Crippen LogP contribution < -0.4 is 5.32 Å². The lowest BCUT2D eigenvalue weighted by atomic mass is 9.94. The van der Waals surface area contributed by atoms with E-state index in [0.29, 0.717) is 23.5 Å². The van der Waals surface area contributed by atoms with Gasteiger partial charge in [0.05, 0.1) is 11.5 Å². The molecule has 0 bridgehead atoms. The minimum atomic E-state index is -2.72. The Hall–Kier alpha value is -0.0900. The lowest BCUT2D eigenvalue weighted by Crippen LogP contribution is -2.37. The molecular formula is C12H23NO2S. The van der Waals surface area contributed by atoms with Gasteiger partial charge in [-0.25, -0.2) is 8.42 Å². The van der Waals surface area contributed by atoms with Gasteiger partial charge in [-0.2, -0.15) is 0 Å². The van der Waals surface area contributed by atoms with Crippen LogP contribution in [0.25, 0.3) is 0 Å². The van der Waals surface area contributed by atoms with Crippen molar-refractivity contribution in [2.24, 2.45) is 11.8 Å². The Morgan fingerprint density at radius 3 is 2.56 bits per heavy atom. The highest BCUT2D eigenvalue weighted by molar-refractivity contribution is 7.91. The predicted octanol–water partition coefficient (Wildman–Crippen LogP) is 1.59. The highest BCUT2D eigenvalue weighted by Crippen LogP contribution is 2.36. The first-order valence-corrected chi connectivity index (χ1v) is 8.36. The number of hydrogen-bond acceptors (Lipinski definition) is 3. The summed E-state index contributed by atoms with van der Waals surface area (Å²) in [5.41, 5.74) is 0. The Bertz CT molecular complexity index is 322. The van der Waals surface area contributed by atoms with Crippen molar-refractivity contribution in [2.45, 2.75) is 45.1 Å². The molecule has 3 nitrogen and oxygen atoms in total. The molecular weight excluding hydrogens is 222 g/mol. The summed E-state index contributed by atoms with van der Waals surface area (Å²) in [6.07, 6.45) is 5.89. The summed E-state index contributed by atoms with van der Waals surface area (Å²) in [7, 11) is -2.72. The third-order valence-electron chi connectivity index (χ3n) is 3.78. The molecule has 1 saturated carbocycles. The molecule has 2 aliphatic rings. The summed E-state index contributed by atoms with van der Waals surface area (Å²) in [5, 5.41) is 3.56. The molecule has 2 fully saturated rings. The summed E-state index contributed by atoms with van der Waals surface area (Å²) in [6, 6.07) is 0.449. The van der Waals surface area contributed by atoms with Gasteiger partial charge in [0.1, 0.15) is 0 Å². The van der Waals surface area contributed by atoms with Crippen molar-refractivity contribution < 1.29 is 8.42 Å². The van der Waals surface area contributed by atoms with E-state index in [2.05, 4.69) is 12.2 Å². The molecule has 2 atom stereocenters. The van der Waals surface area contributed by atoms with Crippen molar-refractivity contribution in [1.29, 1.82) is 0 Å². The predicted molar refractivity (Wildman–Crippen MR) is 66.2 cm³/mol. The summed E-state index contributed by atoms with van der Waals surface area (Å²) >= 11 is 0. The van der Waals surface area contributed by atoms with Gasteiger partial charge in [-0.05, 0) is 37.6 Å². The van der Waals surface area contributed by atoms with Crippen LogP contribution >= 0.6 is 0 Å². The molecule has 0 aromatic rings. The van der Waals surface area contributed by atoms with Crippen molar-refractivity contribution in [3.63, 3.8) is 0 Å². The van der Waals surface area contributed by atoms with Gasteiger partial charge >= 0.3 is 0 Å². The van der Waals surface area contributed by atoms with Crippen LogP contribution in [-0.4, -0.2) is 32.5 Å². The zero-order chi connectivity index (χ0) is 11.6. The lowest BCUT2D eigenvalue weighted by molar-refractivity contribution is 0.348. The minimum absolute atomic E-state index is 0.372. The highest BCUT2D eigenvalue weighted by Gasteiger charge is 2.36. The second-order valence-corrected chi connectivity index (χ2v) is 7.63. The number of hydrogen-bond donors (Lipinski definition) is 1. The third-order valence-corrected chi connectivity index (χ3v) is 5.57. The molecule has 1 saturated heterocycles. The Balaban J connectivity index is 1.89. The fraction of sp³-hybridized carbons (Fsp3) is 1.00. The zero-order valence-electron chi connectivity index (χ0n) is 10.1. The largest absolute Gasteiger partial charge is 0.314 e. The molecule has 94 valence electrons. The molecule has 1 N–H and O–H groups in total. The van der Waals surface area contributed by atoms with E-state index in [0.717, 1.165) is 25.3 Å². The van der Waals surface area contributed by atoms with Gasteiger partial charge in [0.2, 0.25) is 0 Å². The number of sulfone groups is 1. The fourth-order valence-electron chi connectivity index (χ4n) is 2.63. The van der Waals surface area contributed by atoms with Gasteiger partial charge in [-0.3, -0.25) is 0 Å². The Morgan fingerprint density at radius 2 is 2.06 bits per heavy atom. The van der Waals surface area contributed by atoms with E-state index >= 15 is 0 Å². The van der Waals surface area contributed by atoms with E-state index in [1.165, 1.54) is 19.3 Å². The standard InChI is InChI=1S/C12H23NO2S/c1-2-6-13-12(8-10-3-4-10)11-5-7-16(14,15)9-11/h10-13H,2-9H2,1H3. The van der Waals surface area contributed by atoms with Crippen LogP contribution in [0.15, 0.2) is 0 Å². The van der Waals surface area contributed by atoms with E-state index in [4.69, 9.17) is 0 Å². The van der Waals surface area contributed by atoms with Gasteiger partial charge in [-0.1, -0.05) is 19.8 Å². The second kappa shape index (κ2) is 5.05. The SMILES string of the molecule is CCCNC(CC1CC1)C1CCS(=O)(=O)C1. The van der Waals surface area contributed by atoms with Crippen LogP contribution in [0, 0.1) is 11.8 Å². The molecule has 2 unspecified atom stereocenters. The lowest BCUT2D eigenvalue weighted by Gasteiger charge is -2.23. The molecule has 2 rings (SSSR count). The maximum Gasteiger partial charge on any atom is 0.150 e. The molecule has 0 aromatic carbocycles. The third kappa shape index (κ3) is 3.45. The van der Waals surface area contributed by atoms with E-state index < -0.39 is 9.84 Å². The Labute approximate surface area is 98.9 Å². The van der Waals surface area contributed by atoms with E-state index in [9.17, 15) is 8.42 Å².